The van der Waals surface area contributed by atoms with Crippen LogP contribution >= 0.6 is 15.9 Å². The van der Waals surface area contributed by atoms with E-state index in [2.05, 4.69) is 15.9 Å². The third-order valence-electron chi connectivity index (χ3n) is 2.53. The number of halogens is 2. The zero-order valence-corrected chi connectivity index (χ0v) is 11.8. The maximum atomic E-state index is 13.5. The molecule has 2 aromatic rings. The van der Waals surface area contributed by atoms with Crippen LogP contribution in [-0.2, 0) is 0 Å². The van der Waals surface area contributed by atoms with Crippen molar-refractivity contribution in [2.24, 2.45) is 0 Å². The summed E-state index contributed by atoms with van der Waals surface area (Å²) < 4.78 is 19.3. The van der Waals surface area contributed by atoms with E-state index < -0.39 is 22.3 Å². The van der Waals surface area contributed by atoms with Crippen molar-refractivity contribution in [2.45, 2.75) is 0 Å². The number of rotatable bonds is 4. The molecule has 0 fully saturated rings. The Bertz CT molecular complexity index is 734. The molecule has 0 aliphatic carbocycles. The first kappa shape index (κ1) is 14.9. The molecule has 2 rings (SSSR count). The molecule has 8 heteroatoms. The number of nitro benzene ring substituents is 1. The topological polar surface area (TPSA) is 89.7 Å². The van der Waals surface area contributed by atoms with Gasteiger partial charge in [-0.15, -0.1) is 0 Å². The molecule has 21 heavy (non-hydrogen) atoms. The molecule has 0 aliphatic rings. The van der Waals surface area contributed by atoms with Gasteiger partial charge in [0.25, 0.3) is 0 Å². The lowest BCUT2D eigenvalue weighted by atomic mass is 10.2. The van der Waals surface area contributed by atoms with Crippen LogP contribution in [0.1, 0.15) is 10.4 Å². The number of hydrogen-bond donors (Lipinski definition) is 1. The molecular weight excluding hydrogens is 349 g/mol. The number of nitro groups is 1. The number of benzene rings is 2. The quantitative estimate of drug-likeness (QED) is 0.661. The number of nitrogens with zero attached hydrogens (tertiary/aromatic N) is 1. The summed E-state index contributed by atoms with van der Waals surface area (Å²) in [4.78, 5) is 21.3. The molecule has 108 valence electrons. The second-order valence-electron chi connectivity index (χ2n) is 3.89. The molecule has 0 spiro atoms. The minimum Gasteiger partial charge on any atom is -0.477 e. The maximum Gasteiger partial charge on any atom is 0.342 e. The number of ether oxygens (including phenoxy) is 1. The molecule has 0 bridgehead atoms. The van der Waals surface area contributed by atoms with E-state index in [9.17, 15) is 19.3 Å². The molecule has 0 radical (unpaired) electrons. The molecule has 2 aromatic carbocycles. The summed E-state index contributed by atoms with van der Waals surface area (Å²) >= 11 is 3.13. The fourth-order valence-electron chi connectivity index (χ4n) is 1.64. The molecule has 0 aliphatic heterocycles. The lowest BCUT2D eigenvalue weighted by molar-refractivity contribution is -0.385. The van der Waals surface area contributed by atoms with Crippen molar-refractivity contribution in [2.75, 3.05) is 0 Å². The molecule has 0 unspecified atom stereocenters. The standard InChI is InChI=1S/C13H7BrFNO5/c14-7-4-5-9(16(19)20)11(6-7)21-10-3-1-2-8(15)12(10)13(17)18/h1-6H,(H,17,18). The second-order valence-corrected chi connectivity index (χ2v) is 4.81. The highest BCUT2D eigenvalue weighted by Crippen LogP contribution is 2.35. The van der Waals surface area contributed by atoms with E-state index in [4.69, 9.17) is 9.84 Å². The van der Waals surface area contributed by atoms with E-state index in [0.29, 0.717) is 4.47 Å². The van der Waals surface area contributed by atoms with Crippen LogP contribution in [0.15, 0.2) is 40.9 Å². The van der Waals surface area contributed by atoms with Gasteiger partial charge in [-0.2, -0.15) is 0 Å². The number of carbonyl (C=O) groups is 1. The van der Waals surface area contributed by atoms with Gasteiger partial charge in [-0.25, -0.2) is 9.18 Å². The van der Waals surface area contributed by atoms with E-state index in [-0.39, 0.29) is 17.2 Å². The molecule has 6 nitrogen and oxygen atoms in total. The first-order valence-electron chi connectivity index (χ1n) is 5.53. The summed E-state index contributed by atoms with van der Waals surface area (Å²) in [5, 5.41) is 19.9. The lowest BCUT2D eigenvalue weighted by Gasteiger charge is -2.09. The van der Waals surface area contributed by atoms with Crippen LogP contribution in [0.2, 0.25) is 0 Å². The number of carboxylic acids is 1. The van der Waals surface area contributed by atoms with Gasteiger partial charge in [-0.3, -0.25) is 10.1 Å². The van der Waals surface area contributed by atoms with Crippen molar-refractivity contribution in [3.05, 3.63) is 62.4 Å². The van der Waals surface area contributed by atoms with Gasteiger partial charge in [-0.1, -0.05) is 22.0 Å². The van der Waals surface area contributed by atoms with Crippen LogP contribution < -0.4 is 4.74 Å². The van der Waals surface area contributed by atoms with Crippen LogP contribution in [0.5, 0.6) is 11.5 Å². The minimum absolute atomic E-state index is 0.192. The summed E-state index contributed by atoms with van der Waals surface area (Å²) in [6.45, 7) is 0. The highest BCUT2D eigenvalue weighted by Gasteiger charge is 2.21. The zero-order valence-electron chi connectivity index (χ0n) is 10.2. The fraction of sp³-hybridized carbons (Fsp3) is 0. The molecule has 0 saturated heterocycles. The summed E-state index contributed by atoms with van der Waals surface area (Å²) in [6, 6.07) is 7.37. The van der Waals surface area contributed by atoms with Crippen molar-refractivity contribution in [1.82, 2.24) is 0 Å². The molecule has 0 aromatic heterocycles. The van der Waals surface area contributed by atoms with Crippen LogP contribution in [0.4, 0.5) is 10.1 Å². The predicted octanol–water partition coefficient (Wildman–Crippen LogP) is 3.99. The third kappa shape index (κ3) is 3.16. The Balaban J connectivity index is 2.53. The second kappa shape index (κ2) is 5.88. The number of hydrogen-bond acceptors (Lipinski definition) is 4. The number of aromatic carboxylic acids is 1. The highest BCUT2D eigenvalue weighted by molar-refractivity contribution is 9.10. The SMILES string of the molecule is O=C(O)c1c(F)cccc1Oc1cc(Br)ccc1[N+](=O)[O-]. The van der Waals surface area contributed by atoms with Crippen LogP contribution in [0.25, 0.3) is 0 Å². The largest absolute Gasteiger partial charge is 0.477 e. The normalized spacial score (nSPS) is 10.2. The highest BCUT2D eigenvalue weighted by atomic mass is 79.9. The molecule has 0 heterocycles. The van der Waals surface area contributed by atoms with E-state index in [1.54, 1.807) is 0 Å². The van der Waals surface area contributed by atoms with Gasteiger partial charge in [-0.05, 0) is 18.2 Å². The van der Waals surface area contributed by atoms with Gasteiger partial charge in [0.15, 0.2) is 0 Å². The molecule has 1 N–H and O–H groups in total. The van der Waals surface area contributed by atoms with Gasteiger partial charge in [0, 0.05) is 16.6 Å². The Hall–Kier alpha value is -2.48. The lowest BCUT2D eigenvalue weighted by Crippen LogP contribution is -2.04. The zero-order chi connectivity index (χ0) is 15.6. The van der Waals surface area contributed by atoms with Gasteiger partial charge in [0.1, 0.15) is 17.1 Å². The molecule has 0 amide bonds. The molecular formula is C13H7BrFNO5. The smallest absolute Gasteiger partial charge is 0.342 e. The Morgan fingerprint density at radius 3 is 2.62 bits per heavy atom. The Morgan fingerprint density at radius 2 is 2.00 bits per heavy atom. The Kier molecular flexibility index (Phi) is 4.18. The van der Waals surface area contributed by atoms with Crippen molar-refractivity contribution in [1.29, 1.82) is 0 Å². The average Bonchev–Trinajstić information content (AvgIpc) is 2.37. The van der Waals surface area contributed by atoms with Gasteiger partial charge >= 0.3 is 11.7 Å². The van der Waals surface area contributed by atoms with Crippen molar-refractivity contribution >= 4 is 27.6 Å². The van der Waals surface area contributed by atoms with Crippen LogP contribution in [-0.4, -0.2) is 16.0 Å². The van der Waals surface area contributed by atoms with Gasteiger partial charge < -0.3 is 9.84 Å². The minimum atomic E-state index is -1.53. The van der Waals surface area contributed by atoms with E-state index >= 15 is 0 Å². The maximum absolute atomic E-state index is 13.5. The van der Waals surface area contributed by atoms with Crippen LogP contribution in [0, 0.1) is 15.9 Å². The fourth-order valence-corrected chi connectivity index (χ4v) is 1.98. The van der Waals surface area contributed by atoms with E-state index in [1.165, 1.54) is 30.3 Å². The van der Waals surface area contributed by atoms with Crippen molar-refractivity contribution < 1.29 is 24.0 Å². The summed E-state index contributed by atoms with van der Waals surface area (Å²) in [7, 11) is 0. The van der Waals surface area contributed by atoms with Gasteiger partial charge in [0.05, 0.1) is 4.92 Å². The van der Waals surface area contributed by atoms with E-state index in [1.807, 2.05) is 0 Å². The monoisotopic (exact) mass is 355 g/mol. The van der Waals surface area contributed by atoms with Crippen molar-refractivity contribution in [3.8, 4) is 11.5 Å². The third-order valence-corrected chi connectivity index (χ3v) is 3.02. The summed E-state index contributed by atoms with van der Waals surface area (Å²) in [5.74, 6) is -3.02. The van der Waals surface area contributed by atoms with Gasteiger partial charge in [0.2, 0.25) is 5.75 Å². The Morgan fingerprint density at radius 1 is 1.29 bits per heavy atom. The first-order chi connectivity index (χ1) is 9.90. The predicted molar refractivity (Wildman–Crippen MR) is 74.2 cm³/mol. The van der Waals surface area contributed by atoms with Crippen LogP contribution in [0.3, 0.4) is 0 Å². The Labute approximate surface area is 126 Å². The molecule has 0 atom stereocenters. The summed E-state index contributed by atoms with van der Waals surface area (Å²) in [5.41, 5.74) is -1.05. The number of carboxylic acid groups (broad SMARTS) is 1. The first-order valence-corrected chi connectivity index (χ1v) is 6.33. The van der Waals surface area contributed by atoms with Crippen molar-refractivity contribution in [3.63, 3.8) is 0 Å². The average molecular weight is 356 g/mol. The molecule has 0 saturated carbocycles. The summed E-state index contributed by atoms with van der Waals surface area (Å²) in [6.07, 6.45) is 0. The van der Waals surface area contributed by atoms with E-state index in [0.717, 1.165) is 6.07 Å².